The molecule has 0 atom stereocenters. The van der Waals surface area contributed by atoms with Crippen molar-refractivity contribution < 1.29 is 9.47 Å². The first-order valence-electron chi connectivity index (χ1n) is 9.33. The van der Waals surface area contributed by atoms with Crippen molar-refractivity contribution in [2.75, 3.05) is 13.2 Å². The summed E-state index contributed by atoms with van der Waals surface area (Å²) >= 11 is 6.49. The normalized spacial score (nSPS) is 11.0. The van der Waals surface area contributed by atoms with E-state index in [9.17, 15) is 0 Å². The summed E-state index contributed by atoms with van der Waals surface area (Å²) in [6.45, 7) is 11.3. The van der Waals surface area contributed by atoms with Crippen LogP contribution in [0.25, 0.3) is 0 Å². The molecule has 0 heterocycles. The van der Waals surface area contributed by atoms with Crippen LogP contribution >= 0.6 is 11.6 Å². The second-order valence-electron chi connectivity index (χ2n) is 6.97. The fourth-order valence-corrected chi connectivity index (χ4v) is 2.88. The topological polar surface area (TPSA) is 30.5 Å². The van der Waals surface area contributed by atoms with E-state index in [4.69, 9.17) is 21.1 Å². The first kappa shape index (κ1) is 20.6. The molecule has 0 aliphatic rings. The lowest BCUT2D eigenvalue weighted by Crippen LogP contribution is -2.16. The lowest BCUT2D eigenvalue weighted by molar-refractivity contribution is 0.269. The smallest absolute Gasteiger partial charge is 0.180 e. The molecule has 0 fully saturated rings. The molecule has 0 aromatic heterocycles. The van der Waals surface area contributed by atoms with Gasteiger partial charge in [-0.25, -0.2) is 0 Å². The Labute approximate surface area is 162 Å². The quantitative estimate of drug-likeness (QED) is 0.535. The average Bonchev–Trinajstić information content (AvgIpc) is 2.59. The maximum Gasteiger partial charge on any atom is 0.180 e. The zero-order chi connectivity index (χ0) is 18.9. The Morgan fingerprint density at radius 1 is 1.04 bits per heavy atom. The van der Waals surface area contributed by atoms with E-state index in [1.807, 2.05) is 19.1 Å². The molecule has 0 saturated carbocycles. The minimum Gasteiger partial charge on any atom is -0.490 e. The second-order valence-corrected chi connectivity index (χ2v) is 7.38. The molecule has 0 saturated heterocycles. The van der Waals surface area contributed by atoms with Crippen molar-refractivity contribution in [1.29, 1.82) is 0 Å². The van der Waals surface area contributed by atoms with Crippen LogP contribution in [0.3, 0.4) is 0 Å². The van der Waals surface area contributed by atoms with Gasteiger partial charge in [0.25, 0.3) is 0 Å². The van der Waals surface area contributed by atoms with Crippen LogP contribution in [0.5, 0.6) is 11.5 Å². The van der Waals surface area contributed by atoms with Crippen LogP contribution < -0.4 is 14.8 Å². The fourth-order valence-electron chi connectivity index (χ4n) is 2.59. The third-order valence-corrected chi connectivity index (χ3v) is 4.38. The predicted molar refractivity (Wildman–Crippen MR) is 109 cm³/mol. The zero-order valence-corrected chi connectivity index (χ0v) is 17.0. The van der Waals surface area contributed by atoms with Crippen LogP contribution in [0, 0.1) is 12.8 Å². The molecule has 0 bridgehead atoms. The number of benzene rings is 2. The zero-order valence-electron chi connectivity index (χ0n) is 16.3. The largest absolute Gasteiger partial charge is 0.490 e. The van der Waals surface area contributed by atoms with Crippen LogP contribution in [0.2, 0.25) is 5.02 Å². The Balaban J connectivity index is 2.05. The molecule has 2 aromatic carbocycles. The Morgan fingerprint density at radius 2 is 1.77 bits per heavy atom. The second kappa shape index (κ2) is 10.4. The van der Waals surface area contributed by atoms with E-state index >= 15 is 0 Å². The van der Waals surface area contributed by atoms with Crippen LogP contribution in [-0.2, 0) is 13.2 Å². The number of ether oxygens (including phenoxy) is 2. The van der Waals surface area contributed by atoms with Crippen molar-refractivity contribution in [3.63, 3.8) is 0 Å². The number of halogens is 1. The molecular formula is C22H30ClNO2. The van der Waals surface area contributed by atoms with Crippen LogP contribution in [0.1, 0.15) is 43.9 Å². The molecule has 142 valence electrons. The summed E-state index contributed by atoms with van der Waals surface area (Å²) < 4.78 is 11.8. The lowest BCUT2D eigenvalue weighted by Gasteiger charge is -2.16. The summed E-state index contributed by atoms with van der Waals surface area (Å²) in [5, 5.41) is 4.04. The molecule has 1 N–H and O–H groups in total. The highest BCUT2D eigenvalue weighted by Gasteiger charge is 2.13. The maximum absolute atomic E-state index is 6.49. The van der Waals surface area contributed by atoms with Gasteiger partial charge in [0.1, 0.15) is 6.61 Å². The summed E-state index contributed by atoms with van der Waals surface area (Å²) in [6, 6.07) is 12.3. The minimum absolute atomic E-state index is 0.464. The summed E-state index contributed by atoms with van der Waals surface area (Å²) in [5.41, 5.74) is 3.44. The summed E-state index contributed by atoms with van der Waals surface area (Å²) in [5.74, 6) is 2.01. The van der Waals surface area contributed by atoms with Crippen molar-refractivity contribution in [2.45, 2.75) is 47.3 Å². The maximum atomic E-state index is 6.49. The Bertz CT molecular complexity index is 683. The molecule has 2 aromatic rings. The molecule has 4 heteroatoms. The predicted octanol–water partition coefficient (Wildman–Crippen LogP) is 5.76. The van der Waals surface area contributed by atoms with Gasteiger partial charge in [-0.2, -0.15) is 0 Å². The van der Waals surface area contributed by atoms with E-state index in [1.54, 1.807) is 0 Å². The van der Waals surface area contributed by atoms with E-state index in [2.05, 4.69) is 50.4 Å². The van der Waals surface area contributed by atoms with E-state index in [-0.39, 0.29) is 0 Å². The average molecular weight is 376 g/mol. The SMILES string of the molecule is CCOc1cc(CNCCC(C)C)cc(Cl)c1OCc1ccc(C)cc1. The summed E-state index contributed by atoms with van der Waals surface area (Å²) in [7, 11) is 0. The molecule has 0 aliphatic carbocycles. The van der Waals surface area contributed by atoms with Crippen molar-refractivity contribution in [3.8, 4) is 11.5 Å². The van der Waals surface area contributed by atoms with Gasteiger partial charge in [-0.3, -0.25) is 0 Å². The van der Waals surface area contributed by atoms with Gasteiger partial charge in [0, 0.05) is 6.54 Å². The lowest BCUT2D eigenvalue weighted by atomic mass is 10.1. The van der Waals surface area contributed by atoms with Crippen LogP contribution in [0.4, 0.5) is 0 Å². The molecule has 0 amide bonds. The number of rotatable bonds is 10. The van der Waals surface area contributed by atoms with Gasteiger partial charge >= 0.3 is 0 Å². The summed E-state index contributed by atoms with van der Waals surface area (Å²) in [4.78, 5) is 0. The fraction of sp³-hybridized carbons (Fsp3) is 0.455. The van der Waals surface area contributed by atoms with Crippen molar-refractivity contribution in [1.82, 2.24) is 5.32 Å². The number of hydrogen-bond acceptors (Lipinski definition) is 3. The highest BCUT2D eigenvalue weighted by molar-refractivity contribution is 6.32. The minimum atomic E-state index is 0.464. The Kier molecular flexibility index (Phi) is 8.27. The Morgan fingerprint density at radius 3 is 2.42 bits per heavy atom. The van der Waals surface area contributed by atoms with E-state index in [1.165, 1.54) is 5.56 Å². The highest BCUT2D eigenvalue weighted by atomic mass is 35.5. The van der Waals surface area contributed by atoms with E-state index in [0.717, 1.165) is 30.6 Å². The van der Waals surface area contributed by atoms with Gasteiger partial charge in [-0.1, -0.05) is 55.3 Å². The standard InChI is InChI=1S/C22H30ClNO2/c1-5-25-21-13-19(14-24-11-10-16(2)3)12-20(23)22(21)26-15-18-8-6-17(4)7-9-18/h6-9,12-13,16,24H,5,10-11,14-15H2,1-4H3. The first-order valence-corrected chi connectivity index (χ1v) is 9.71. The first-order chi connectivity index (χ1) is 12.5. The van der Waals surface area contributed by atoms with Gasteiger partial charge in [0.15, 0.2) is 11.5 Å². The van der Waals surface area contributed by atoms with Crippen LogP contribution in [0.15, 0.2) is 36.4 Å². The van der Waals surface area contributed by atoms with Crippen molar-refractivity contribution in [3.05, 3.63) is 58.1 Å². The third-order valence-electron chi connectivity index (χ3n) is 4.10. The molecule has 0 radical (unpaired) electrons. The van der Waals surface area contributed by atoms with Gasteiger partial charge in [-0.15, -0.1) is 0 Å². The number of aryl methyl sites for hydroxylation is 1. The van der Waals surface area contributed by atoms with Crippen LogP contribution in [-0.4, -0.2) is 13.2 Å². The number of hydrogen-bond donors (Lipinski definition) is 1. The molecule has 2 rings (SSSR count). The molecular weight excluding hydrogens is 346 g/mol. The van der Waals surface area contributed by atoms with Gasteiger partial charge in [0.2, 0.25) is 0 Å². The molecule has 26 heavy (non-hydrogen) atoms. The molecule has 3 nitrogen and oxygen atoms in total. The van der Waals surface area contributed by atoms with Gasteiger partial charge < -0.3 is 14.8 Å². The molecule has 0 unspecified atom stereocenters. The van der Waals surface area contributed by atoms with Gasteiger partial charge in [0.05, 0.1) is 11.6 Å². The van der Waals surface area contributed by atoms with Gasteiger partial charge in [-0.05, 0) is 56.0 Å². The highest BCUT2D eigenvalue weighted by Crippen LogP contribution is 2.37. The van der Waals surface area contributed by atoms with Crippen molar-refractivity contribution in [2.24, 2.45) is 5.92 Å². The van der Waals surface area contributed by atoms with E-state index in [0.29, 0.717) is 35.7 Å². The number of nitrogens with one attached hydrogen (secondary N) is 1. The third kappa shape index (κ3) is 6.54. The molecule has 0 spiro atoms. The van der Waals surface area contributed by atoms with Crippen molar-refractivity contribution >= 4 is 11.6 Å². The molecule has 0 aliphatic heterocycles. The summed E-state index contributed by atoms with van der Waals surface area (Å²) in [6.07, 6.45) is 1.16. The Hall–Kier alpha value is -1.71. The monoisotopic (exact) mass is 375 g/mol. The van der Waals surface area contributed by atoms with E-state index < -0.39 is 0 Å².